The Hall–Kier alpha value is -2.83. The smallest absolute Gasteiger partial charge is 0.357 e. The summed E-state index contributed by atoms with van der Waals surface area (Å²) in [5.74, 6) is -0.694. The molecule has 25 heavy (non-hydrogen) atoms. The average Bonchev–Trinajstić information content (AvgIpc) is 2.96. The fourth-order valence-electron chi connectivity index (χ4n) is 2.22. The van der Waals surface area contributed by atoms with E-state index >= 15 is 0 Å². The number of aromatic nitrogens is 1. The lowest BCUT2D eigenvalue weighted by Gasteiger charge is -2.10. The Morgan fingerprint density at radius 1 is 1.36 bits per heavy atom. The van der Waals surface area contributed by atoms with Crippen LogP contribution < -0.4 is 10.5 Å². The van der Waals surface area contributed by atoms with Crippen molar-refractivity contribution in [2.75, 3.05) is 19.4 Å². The first-order valence-electron chi connectivity index (χ1n) is 7.45. The van der Waals surface area contributed by atoms with Crippen LogP contribution in [0.25, 0.3) is 5.69 Å². The minimum Gasteiger partial charge on any atom is -0.464 e. The summed E-state index contributed by atoms with van der Waals surface area (Å²) in [5.41, 5.74) is 6.46. The van der Waals surface area contributed by atoms with Crippen LogP contribution >= 0.6 is 0 Å². The molecule has 9 heteroatoms. The number of nitrogens with one attached hydrogen (secondary N) is 1. The quantitative estimate of drug-likeness (QED) is 0.748. The largest absolute Gasteiger partial charge is 0.464 e. The number of nitrogens with zero attached hydrogens (tertiary/aromatic N) is 2. The summed E-state index contributed by atoms with van der Waals surface area (Å²) < 4.78 is 32.8. The molecule has 1 heterocycles. The van der Waals surface area contributed by atoms with Crippen LogP contribution in [-0.2, 0) is 14.8 Å². The molecule has 132 valence electrons. The Morgan fingerprint density at radius 3 is 2.52 bits per heavy atom. The number of nitriles is 1. The molecular formula is C16H18N4O4S. The van der Waals surface area contributed by atoms with E-state index in [4.69, 9.17) is 15.7 Å². The molecule has 0 bridgehead atoms. The number of esters is 1. The van der Waals surface area contributed by atoms with Gasteiger partial charge in [0.05, 0.1) is 23.3 Å². The fraction of sp³-hybridized carbons (Fsp3) is 0.250. The van der Waals surface area contributed by atoms with Gasteiger partial charge in [0.15, 0.2) is 5.69 Å². The van der Waals surface area contributed by atoms with E-state index in [2.05, 4.69) is 4.72 Å². The number of rotatable bonds is 6. The van der Waals surface area contributed by atoms with Crippen LogP contribution in [0.3, 0.4) is 0 Å². The van der Waals surface area contributed by atoms with Crippen molar-refractivity contribution in [1.29, 1.82) is 5.26 Å². The molecule has 0 amide bonds. The van der Waals surface area contributed by atoms with Crippen molar-refractivity contribution in [2.24, 2.45) is 0 Å². The van der Waals surface area contributed by atoms with Gasteiger partial charge < -0.3 is 15.0 Å². The van der Waals surface area contributed by atoms with E-state index in [1.165, 1.54) is 42.1 Å². The van der Waals surface area contributed by atoms with Gasteiger partial charge in [-0.15, -0.1) is 0 Å². The number of hydrogen-bond acceptors (Lipinski definition) is 6. The maximum absolute atomic E-state index is 12.1. The van der Waals surface area contributed by atoms with E-state index in [1.807, 2.05) is 13.0 Å². The van der Waals surface area contributed by atoms with Crippen molar-refractivity contribution in [3.05, 3.63) is 41.7 Å². The molecule has 0 saturated carbocycles. The Balaban J connectivity index is 2.48. The highest BCUT2D eigenvalue weighted by Crippen LogP contribution is 2.25. The highest BCUT2D eigenvalue weighted by atomic mass is 32.2. The van der Waals surface area contributed by atoms with E-state index < -0.39 is 16.0 Å². The first-order valence-corrected chi connectivity index (χ1v) is 8.93. The number of methoxy groups -OCH3 is 1. The first-order chi connectivity index (χ1) is 11.9. The van der Waals surface area contributed by atoms with Gasteiger partial charge in [-0.1, -0.05) is 6.92 Å². The number of ether oxygens (including phenoxy) is 1. The Kier molecular flexibility index (Phi) is 5.46. The molecule has 8 nitrogen and oxygen atoms in total. The molecule has 0 unspecified atom stereocenters. The summed E-state index contributed by atoms with van der Waals surface area (Å²) in [4.78, 5) is 12.1. The van der Waals surface area contributed by atoms with Crippen LogP contribution in [0.2, 0.25) is 0 Å². The maximum Gasteiger partial charge on any atom is 0.357 e. The van der Waals surface area contributed by atoms with Crippen molar-refractivity contribution in [1.82, 2.24) is 9.29 Å². The first kappa shape index (κ1) is 18.5. The number of sulfonamides is 1. The summed E-state index contributed by atoms with van der Waals surface area (Å²) in [5, 5.41) is 9.11. The zero-order valence-electron chi connectivity index (χ0n) is 13.8. The lowest BCUT2D eigenvalue weighted by atomic mass is 10.2. The summed E-state index contributed by atoms with van der Waals surface area (Å²) in [6.45, 7) is 2.21. The van der Waals surface area contributed by atoms with Crippen LogP contribution in [-0.4, -0.2) is 32.6 Å². The third kappa shape index (κ3) is 3.65. The number of nitrogens with two attached hydrogens (primary N) is 1. The normalized spacial score (nSPS) is 11.1. The second-order valence-corrected chi connectivity index (χ2v) is 6.94. The molecule has 0 aliphatic heterocycles. The zero-order valence-corrected chi connectivity index (χ0v) is 14.6. The predicted molar refractivity (Wildman–Crippen MR) is 91.7 cm³/mol. The van der Waals surface area contributed by atoms with Gasteiger partial charge in [0.2, 0.25) is 10.0 Å². The number of carbonyl (C=O) groups excluding carboxylic acids is 1. The van der Waals surface area contributed by atoms with Crippen molar-refractivity contribution in [3.63, 3.8) is 0 Å². The Bertz CT molecular complexity index is 924. The molecule has 2 aromatic rings. The van der Waals surface area contributed by atoms with Gasteiger partial charge in [-0.3, -0.25) is 0 Å². The van der Waals surface area contributed by atoms with Crippen molar-refractivity contribution in [2.45, 2.75) is 18.2 Å². The predicted octanol–water partition coefficient (Wildman–Crippen LogP) is 1.41. The third-order valence-electron chi connectivity index (χ3n) is 3.51. The van der Waals surface area contributed by atoms with Crippen molar-refractivity contribution in [3.8, 4) is 11.8 Å². The van der Waals surface area contributed by atoms with Gasteiger partial charge in [0.25, 0.3) is 0 Å². The standard InChI is InChI=1S/C16H18N4O4S/c1-3-8-19-25(22,23)13-6-4-12(5-7-13)20-10-11(9-17)14(18)15(20)16(21)24-2/h4-7,10,19H,3,8,18H2,1-2H3. The molecule has 0 atom stereocenters. The Labute approximate surface area is 145 Å². The zero-order chi connectivity index (χ0) is 18.6. The second kappa shape index (κ2) is 7.38. The Morgan fingerprint density at radius 2 is 2.00 bits per heavy atom. The number of carbonyl (C=O) groups is 1. The summed E-state index contributed by atoms with van der Waals surface area (Å²) in [6, 6.07) is 7.77. The minimum absolute atomic E-state index is 0.00987. The van der Waals surface area contributed by atoms with Crippen molar-refractivity contribution < 1.29 is 17.9 Å². The van der Waals surface area contributed by atoms with E-state index in [-0.39, 0.29) is 21.8 Å². The second-order valence-electron chi connectivity index (χ2n) is 5.17. The topological polar surface area (TPSA) is 127 Å². The lowest BCUT2D eigenvalue weighted by molar-refractivity contribution is 0.0593. The molecule has 0 aliphatic carbocycles. The monoisotopic (exact) mass is 362 g/mol. The maximum atomic E-state index is 12.1. The summed E-state index contributed by atoms with van der Waals surface area (Å²) in [7, 11) is -2.38. The molecule has 1 aromatic carbocycles. The van der Waals surface area contributed by atoms with Crippen LogP contribution in [0.5, 0.6) is 0 Å². The van der Waals surface area contributed by atoms with Gasteiger partial charge in [-0.2, -0.15) is 5.26 Å². The minimum atomic E-state index is -3.59. The molecule has 0 saturated heterocycles. The highest BCUT2D eigenvalue weighted by Gasteiger charge is 2.22. The number of anilines is 1. The number of nitrogen functional groups attached to an aromatic ring is 1. The molecular weight excluding hydrogens is 344 g/mol. The van der Waals surface area contributed by atoms with E-state index in [0.29, 0.717) is 18.7 Å². The van der Waals surface area contributed by atoms with E-state index in [0.717, 1.165) is 0 Å². The molecule has 0 aliphatic rings. The fourth-order valence-corrected chi connectivity index (χ4v) is 3.36. The summed E-state index contributed by atoms with van der Waals surface area (Å²) >= 11 is 0. The van der Waals surface area contributed by atoms with Gasteiger partial charge in [0.1, 0.15) is 6.07 Å². The molecule has 0 fully saturated rings. The third-order valence-corrected chi connectivity index (χ3v) is 4.99. The van der Waals surface area contributed by atoms with Crippen LogP contribution in [0, 0.1) is 11.3 Å². The van der Waals surface area contributed by atoms with Gasteiger partial charge in [0, 0.05) is 18.4 Å². The average molecular weight is 362 g/mol. The van der Waals surface area contributed by atoms with Crippen LogP contribution in [0.15, 0.2) is 35.4 Å². The number of benzene rings is 1. The van der Waals surface area contributed by atoms with E-state index in [9.17, 15) is 13.2 Å². The van der Waals surface area contributed by atoms with Crippen molar-refractivity contribution >= 4 is 21.7 Å². The van der Waals surface area contributed by atoms with Gasteiger partial charge in [-0.25, -0.2) is 17.9 Å². The van der Waals surface area contributed by atoms with Crippen LogP contribution in [0.1, 0.15) is 29.4 Å². The highest BCUT2D eigenvalue weighted by molar-refractivity contribution is 7.89. The molecule has 2 rings (SSSR count). The SMILES string of the molecule is CCCNS(=O)(=O)c1ccc(-n2cc(C#N)c(N)c2C(=O)OC)cc1. The van der Waals surface area contributed by atoms with Gasteiger partial charge >= 0.3 is 5.97 Å². The molecule has 1 aromatic heterocycles. The van der Waals surface area contributed by atoms with Crippen LogP contribution in [0.4, 0.5) is 5.69 Å². The van der Waals surface area contributed by atoms with E-state index in [1.54, 1.807) is 0 Å². The number of hydrogen-bond donors (Lipinski definition) is 2. The van der Waals surface area contributed by atoms with Gasteiger partial charge in [-0.05, 0) is 30.7 Å². The lowest BCUT2D eigenvalue weighted by Crippen LogP contribution is -2.24. The molecule has 3 N–H and O–H groups in total. The molecule has 0 spiro atoms. The summed E-state index contributed by atoms with van der Waals surface area (Å²) in [6.07, 6.45) is 2.08. The molecule has 0 radical (unpaired) electrons.